The van der Waals surface area contributed by atoms with Crippen molar-refractivity contribution in [2.75, 3.05) is 38.0 Å². The fourth-order valence-electron chi connectivity index (χ4n) is 2.98. The van der Waals surface area contributed by atoms with E-state index in [9.17, 15) is 13.2 Å². The van der Waals surface area contributed by atoms with Crippen LogP contribution in [-0.4, -0.2) is 56.3 Å². The predicted octanol–water partition coefficient (Wildman–Crippen LogP) is 1.94. The van der Waals surface area contributed by atoms with Crippen LogP contribution in [0.3, 0.4) is 0 Å². The molecule has 0 bridgehead atoms. The van der Waals surface area contributed by atoms with Gasteiger partial charge < -0.3 is 5.32 Å². The maximum absolute atomic E-state index is 12.6. The first-order valence-electron chi connectivity index (χ1n) is 8.60. The van der Waals surface area contributed by atoms with Crippen molar-refractivity contribution in [2.45, 2.75) is 11.8 Å². The van der Waals surface area contributed by atoms with Crippen LogP contribution in [0, 0.1) is 6.92 Å². The molecule has 1 saturated heterocycles. The minimum Gasteiger partial charge on any atom is -0.325 e. The summed E-state index contributed by atoms with van der Waals surface area (Å²) in [5, 5.41) is 2.91. The molecule has 1 aliphatic heterocycles. The third-order valence-corrected chi connectivity index (χ3v) is 6.41. The summed E-state index contributed by atoms with van der Waals surface area (Å²) in [6, 6.07) is 16.1. The van der Waals surface area contributed by atoms with E-state index in [0.717, 1.165) is 11.3 Å². The maximum atomic E-state index is 12.6. The number of anilines is 1. The fourth-order valence-corrected chi connectivity index (χ4v) is 4.42. The quantitative estimate of drug-likeness (QED) is 0.870. The van der Waals surface area contributed by atoms with Gasteiger partial charge in [0.25, 0.3) is 0 Å². The Bertz CT molecular complexity index is 861. The lowest BCUT2D eigenvalue weighted by molar-refractivity contribution is -0.117. The van der Waals surface area contributed by atoms with Gasteiger partial charge in [-0.1, -0.05) is 36.4 Å². The maximum Gasteiger partial charge on any atom is 0.243 e. The largest absolute Gasteiger partial charge is 0.325 e. The number of nitrogens with one attached hydrogen (secondary N) is 1. The van der Waals surface area contributed by atoms with Crippen LogP contribution in [0.2, 0.25) is 0 Å². The monoisotopic (exact) mass is 373 g/mol. The highest BCUT2D eigenvalue weighted by Crippen LogP contribution is 2.17. The molecule has 0 aromatic heterocycles. The topological polar surface area (TPSA) is 69.7 Å². The molecule has 0 radical (unpaired) electrons. The number of carbonyl (C=O) groups is 1. The van der Waals surface area contributed by atoms with E-state index in [4.69, 9.17) is 0 Å². The van der Waals surface area contributed by atoms with Gasteiger partial charge in [0.2, 0.25) is 15.9 Å². The third-order valence-electron chi connectivity index (χ3n) is 4.50. The lowest BCUT2D eigenvalue weighted by atomic mass is 10.2. The number of hydrogen-bond acceptors (Lipinski definition) is 4. The number of sulfonamides is 1. The summed E-state index contributed by atoms with van der Waals surface area (Å²) in [5.74, 6) is -0.0846. The highest BCUT2D eigenvalue weighted by atomic mass is 32.2. The molecule has 0 aliphatic carbocycles. The Balaban J connectivity index is 1.54. The SMILES string of the molecule is Cc1ccccc1NC(=O)CN1CCN(S(=O)(=O)c2ccccc2)CC1. The summed E-state index contributed by atoms with van der Waals surface area (Å²) in [7, 11) is -3.46. The molecule has 0 saturated carbocycles. The molecule has 0 spiro atoms. The van der Waals surface area contributed by atoms with Crippen molar-refractivity contribution >= 4 is 21.6 Å². The average molecular weight is 373 g/mol. The Kier molecular flexibility index (Phi) is 5.70. The standard InChI is InChI=1S/C19H23N3O3S/c1-16-7-5-6-10-18(16)20-19(23)15-21-11-13-22(14-12-21)26(24,25)17-8-3-2-4-9-17/h2-10H,11-15H2,1H3,(H,20,23). The first-order chi connectivity index (χ1) is 12.5. The lowest BCUT2D eigenvalue weighted by Crippen LogP contribution is -2.50. The Morgan fingerprint density at radius 2 is 1.58 bits per heavy atom. The van der Waals surface area contributed by atoms with Gasteiger partial charge in [-0.2, -0.15) is 4.31 Å². The third kappa shape index (κ3) is 4.30. The van der Waals surface area contributed by atoms with Gasteiger partial charge in [-0.25, -0.2) is 8.42 Å². The Labute approximate surface area is 154 Å². The summed E-state index contributed by atoms with van der Waals surface area (Å²) in [5.41, 5.74) is 1.82. The molecular formula is C19H23N3O3S. The zero-order valence-corrected chi connectivity index (χ0v) is 15.6. The molecule has 1 amide bonds. The van der Waals surface area contributed by atoms with Crippen molar-refractivity contribution in [1.29, 1.82) is 0 Å². The second-order valence-electron chi connectivity index (χ2n) is 6.36. The molecule has 1 fully saturated rings. The normalized spacial score (nSPS) is 16.3. The zero-order chi connectivity index (χ0) is 18.6. The Hall–Kier alpha value is -2.22. The molecule has 6 nitrogen and oxygen atoms in total. The number of para-hydroxylation sites is 1. The van der Waals surface area contributed by atoms with E-state index in [2.05, 4.69) is 5.32 Å². The number of carbonyl (C=O) groups excluding carboxylic acids is 1. The lowest BCUT2D eigenvalue weighted by Gasteiger charge is -2.33. The van der Waals surface area contributed by atoms with Crippen molar-refractivity contribution < 1.29 is 13.2 Å². The Morgan fingerprint density at radius 3 is 2.23 bits per heavy atom. The minimum atomic E-state index is -3.46. The van der Waals surface area contributed by atoms with Gasteiger partial charge in [0.15, 0.2) is 0 Å². The van der Waals surface area contributed by atoms with Crippen molar-refractivity contribution in [1.82, 2.24) is 9.21 Å². The number of benzene rings is 2. The first kappa shape index (κ1) is 18.6. The molecule has 1 aliphatic rings. The highest BCUT2D eigenvalue weighted by molar-refractivity contribution is 7.89. The number of amides is 1. The first-order valence-corrected chi connectivity index (χ1v) is 10.0. The molecule has 0 atom stereocenters. The predicted molar refractivity (Wildman–Crippen MR) is 101 cm³/mol. The number of rotatable bonds is 5. The number of nitrogens with zero attached hydrogens (tertiary/aromatic N) is 2. The van der Waals surface area contributed by atoms with Crippen LogP contribution >= 0.6 is 0 Å². The van der Waals surface area contributed by atoms with Crippen LogP contribution in [0.1, 0.15) is 5.56 Å². The molecule has 1 N–H and O–H groups in total. The van der Waals surface area contributed by atoms with Gasteiger partial charge in [0, 0.05) is 31.9 Å². The summed E-state index contributed by atoms with van der Waals surface area (Å²) < 4.78 is 26.7. The van der Waals surface area contributed by atoms with Crippen LogP contribution in [0.5, 0.6) is 0 Å². The summed E-state index contributed by atoms with van der Waals surface area (Å²) >= 11 is 0. The number of piperazine rings is 1. The minimum absolute atomic E-state index is 0.0846. The van der Waals surface area contributed by atoms with Crippen molar-refractivity contribution in [3.63, 3.8) is 0 Å². The van der Waals surface area contributed by atoms with Crippen LogP contribution in [0.25, 0.3) is 0 Å². The van der Waals surface area contributed by atoms with Gasteiger partial charge in [0.1, 0.15) is 0 Å². The molecule has 3 rings (SSSR count). The molecule has 138 valence electrons. The summed E-state index contributed by atoms with van der Waals surface area (Å²) in [4.78, 5) is 14.5. The van der Waals surface area contributed by atoms with Gasteiger partial charge in [0.05, 0.1) is 11.4 Å². The molecule has 2 aromatic rings. The van der Waals surface area contributed by atoms with Crippen LogP contribution in [0.15, 0.2) is 59.5 Å². The molecule has 2 aromatic carbocycles. The summed E-state index contributed by atoms with van der Waals surface area (Å²) in [6.45, 7) is 4.04. The number of aryl methyl sites for hydroxylation is 1. The van der Waals surface area contributed by atoms with Crippen LogP contribution in [-0.2, 0) is 14.8 Å². The van der Waals surface area contributed by atoms with Crippen LogP contribution in [0.4, 0.5) is 5.69 Å². The van der Waals surface area contributed by atoms with E-state index >= 15 is 0 Å². The van der Waals surface area contributed by atoms with Gasteiger partial charge in [-0.05, 0) is 30.7 Å². The van der Waals surface area contributed by atoms with Crippen molar-refractivity contribution in [2.24, 2.45) is 0 Å². The molecule has 26 heavy (non-hydrogen) atoms. The second kappa shape index (κ2) is 7.99. The number of hydrogen-bond donors (Lipinski definition) is 1. The van der Waals surface area contributed by atoms with Gasteiger partial charge in [-0.15, -0.1) is 0 Å². The van der Waals surface area contributed by atoms with E-state index in [1.807, 2.05) is 36.1 Å². The van der Waals surface area contributed by atoms with Crippen LogP contribution < -0.4 is 5.32 Å². The zero-order valence-electron chi connectivity index (χ0n) is 14.8. The fraction of sp³-hybridized carbons (Fsp3) is 0.316. The molecular weight excluding hydrogens is 350 g/mol. The van der Waals surface area contributed by atoms with E-state index in [1.165, 1.54) is 4.31 Å². The average Bonchev–Trinajstić information content (AvgIpc) is 2.65. The second-order valence-corrected chi connectivity index (χ2v) is 8.29. The smallest absolute Gasteiger partial charge is 0.243 e. The van der Waals surface area contributed by atoms with E-state index in [-0.39, 0.29) is 12.5 Å². The molecule has 7 heteroatoms. The van der Waals surface area contributed by atoms with Crippen molar-refractivity contribution in [3.05, 3.63) is 60.2 Å². The van der Waals surface area contributed by atoms with E-state index in [0.29, 0.717) is 31.1 Å². The van der Waals surface area contributed by atoms with E-state index in [1.54, 1.807) is 30.3 Å². The Morgan fingerprint density at radius 1 is 0.962 bits per heavy atom. The van der Waals surface area contributed by atoms with E-state index < -0.39 is 10.0 Å². The molecule has 0 unspecified atom stereocenters. The molecule has 1 heterocycles. The summed E-state index contributed by atoms with van der Waals surface area (Å²) in [6.07, 6.45) is 0. The highest BCUT2D eigenvalue weighted by Gasteiger charge is 2.28. The van der Waals surface area contributed by atoms with Crippen molar-refractivity contribution in [3.8, 4) is 0 Å². The van der Waals surface area contributed by atoms with Gasteiger partial charge >= 0.3 is 0 Å². The van der Waals surface area contributed by atoms with Gasteiger partial charge in [-0.3, -0.25) is 9.69 Å².